The van der Waals surface area contributed by atoms with Gasteiger partial charge in [0.2, 0.25) is 0 Å². The smallest absolute Gasteiger partial charge is 0.336 e. The summed E-state index contributed by atoms with van der Waals surface area (Å²) in [4.78, 5) is 16.8. The van der Waals surface area contributed by atoms with Crippen molar-refractivity contribution in [1.82, 2.24) is 9.80 Å². The third kappa shape index (κ3) is 4.53. The standard InChI is InChI=1S/C21H30N2O3/c1-15-9-19-18(11-21(24)26-20(19)10-16(15)2)14-22(3)12-17-5-6-23(13-17)7-8-25-4/h9-11,17H,5-8,12-14H2,1-4H3. The molecule has 3 rings (SSSR count). The van der Waals surface area contributed by atoms with Crippen molar-refractivity contribution in [2.45, 2.75) is 26.8 Å². The summed E-state index contributed by atoms with van der Waals surface area (Å²) in [5.74, 6) is 0.673. The molecule has 1 aliphatic heterocycles. The maximum atomic E-state index is 12.0. The SMILES string of the molecule is COCCN1CCC(CN(C)Cc2cc(=O)oc3cc(C)c(C)cc23)C1. The fraction of sp³-hybridized carbons (Fsp3) is 0.571. The topological polar surface area (TPSA) is 45.9 Å². The maximum absolute atomic E-state index is 12.0. The Hall–Kier alpha value is -1.69. The quantitative estimate of drug-likeness (QED) is 0.712. The van der Waals surface area contributed by atoms with E-state index in [-0.39, 0.29) is 5.63 Å². The zero-order valence-corrected chi connectivity index (χ0v) is 16.4. The van der Waals surface area contributed by atoms with Crippen molar-refractivity contribution >= 4 is 11.0 Å². The van der Waals surface area contributed by atoms with Crippen LogP contribution in [0.2, 0.25) is 0 Å². The monoisotopic (exact) mass is 358 g/mol. The second-order valence-electron chi connectivity index (χ2n) is 7.67. The average molecular weight is 358 g/mol. The minimum absolute atomic E-state index is 0.268. The Kier molecular flexibility index (Phi) is 6.12. The van der Waals surface area contributed by atoms with Gasteiger partial charge in [0.15, 0.2) is 0 Å². The third-order valence-electron chi connectivity index (χ3n) is 5.44. The van der Waals surface area contributed by atoms with E-state index in [4.69, 9.17) is 9.15 Å². The highest BCUT2D eigenvalue weighted by Crippen LogP contribution is 2.23. The van der Waals surface area contributed by atoms with Gasteiger partial charge < -0.3 is 19.0 Å². The molecule has 142 valence electrons. The summed E-state index contributed by atoms with van der Waals surface area (Å²) in [6.45, 7) is 10.0. The molecular weight excluding hydrogens is 328 g/mol. The molecule has 1 unspecified atom stereocenters. The number of hydrogen-bond acceptors (Lipinski definition) is 5. The average Bonchev–Trinajstić information content (AvgIpc) is 3.02. The van der Waals surface area contributed by atoms with Crippen LogP contribution in [0, 0.1) is 19.8 Å². The molecule has 5 heteroatoms. The number of methoxy groups -OCH3 is 1. The van der Waals surface area contributed by atoms with Gasteiger partial charge in [-0.05, 0) is 68.6 Å². The predicted molar refractivity (Wildman–Crippen MR) is 105 cm³/mol. The molecule has 26 heavy (non-hydrogen) atoms. The van der Waals surface area contributed by atoms with Gasteiger partial charge in [-0.2, -0.15) is 0 Å². The zero-order chi connectivity index (χ0) is 18.7. The molecule has 0 amide bonds. The van der Waals surface area contributed by atoms with Gasteiger partial charge in [-0.15, -0.1) is 0 Å². The van der Waals surface area contributed by atoms with E-state index in [2.05, 4.69) is 29.8 Å². The fourth-order valence-corrected chi connectivity index (χ4v) is 3.90. The van der Waals surface area contributed by atoms with Gasteiger partial charge in [0, 0.05) is 44.7 Å². The van der Waals surface area contributed by atoms with Crippen molar-refractivity contribution < 1.29 is 9.15 Å². The van der Waals surface area contributed by atoms with Crippen molar-refractivity contribution in [3.05, 3.63) is 45.3 Å². The number of aryl methyl sites for hydroxylation is 2. The van der Waals surface area contributed by atoms with Gasteiger partial charge in [0.05, 0.1) is 6.61 Å². The highest BCUT2D eigenvalue weighted by atomic mass is 16.5. The molecule has 1 atom stereocenters. The van der Waals surface area contributed by atoms with E-state index in [1.165, 1.54) is 12.0 Å². The van der Waals surface area contributed by atoms with E-state index in [0.717, 1.165) is 55.8 Å². The summed E-state index contributed by atoms with van der Waals surface area (Å²) < 4.78 is 10.6. The summed E-state index contributed by atoms with van der Waals surface area (Å²) in [7, 11) is 3.89. The zero-order valence-electron chi connectivity index (χ0n) is 16.4. The summed E-state index contributed by atoms with van der Waals surface area (Å²) in [6, 6.07) is 5.76. The molecule has 2 heterocycles. The summed E-state index contributed by atoms with van der Waals surface area (Å²) in [5.41, 5.74) is 3.84. The van der Waals surface area contributed by atoms with E-state index < -0.39 is 0 Å². The Morgan fingerprint density at radius 2 is 2.04 bits per heavy atom. The van der Waals surface area contributed by atoms with Gasteiger partial charge in [0.25, 0.3) is 0 Å². The Morgan fingerprint density at radius 1 is 1.27 bits per heavy atom. The molecule has 1 aromatic carbocycles. The van der Waals surface area contributed by atoms with Crippen LogP contribution in [0.4, 0.5) is 0 Å². The second-order valence-corrected chi connectivity index (χ2v) is 7.67. The van der Waals surface area contributed by atoms with Crippen LogP contribution < -0.4 is 5.63 Å². The molecule has 0 radical (unpaired) electrons. The van der Waals surface area contributed by atoms with E-state index in [1.807, 2.05) is 13.0 Å². The Bertz CT molecular complexity index is 815. The summed E-state index contributed by atoms with van der Waals surface area (Å²) in [5, 5.41) is 1.05. The van der Waals surface area contributed by atoms with Gasteiger partial charge in [-0.25, -0.2) is 4.79 Å². The molecule has 1 aromatic heterocycles. The lowest BCUT2D eigenvalue weighted by atomic mass is 10.0. The van der Waals surface area contributed by atoms with Crippen LogP contribution in [0.15, 0.2) is 27.4 Å². The molecule has 1 fully saturated rings. The lowest BCUT2D eigenvalue weighted by Gasteiger charge is -2.22. The number of rotatable bonds is 7. The van der Waals surface area contributed by atoms with Crippen molar-refractivity contribution in [2.24, 2.45) is 5.92 Å². The van der Waals surface area contributed by atoms with Crippen LogP contribution in [0.1, 0.15) is 23.1 Å². The Balaban J connectivity index is 1.69. The molecule has 0 bridgehead atoms. The normalized spacial score (nSPS) is 18.3. The molecular formula is C21H30N2O3. The van der Waals surface area contributed by atoms with Gasteiger partial charge in [-0.1, -0.05) is 0 Å². The summed E-state index contributed by atoms with van der Waals surface area (Å²) in [6.07, 6.45) is 1.23. The van der Waals surface area contributed by atoms with E-state index in [1.54, 1.807) is 13.2 Å². The molecule has 2 aromatic rings. The molecule has 0 spiro atoms. The van der Waals surface area contributed by atoms with Crippen LogP contribution in [0.3, 0.4) is 0 Å². The number of nitrogens with zero attached hydrogens (tertiary/aromatic N) is 2. The second kappa shape index (κ2) is 8.33. The first kappa shape index (κ1) is 19.1. The van der Waals surface area contributed by atoms with Crippen LogP contribution in [-0.2, 0) is 11.3 Å². The first-order chi connectivity index (χ1) is 12.5. The fourth-order valence-electron chi connectivity index (χ4n) is 3.90. The highest BCUT2D eigenvalue weighted by Gasteiger charge is 2.23. The van der Waals surface area contributed by atoms with Crippen LogP contribution in [0.25, 0.3) is 11.0 Å². The highest BCUT2D eigenvalue weighted by molar-refractivity contribution is 5.81. The number of hydrogen-bond donors (Lipinski definition) is 0. The molecule has 0 N–H and O–H groups in total. The van der Waals surface area contributed by atoms with Crippen molar-refractivity contribution in [3.8, 4) is 0 Å². The largest absolute Gasteiger partial charge is 0.423 e. The Morgan fingerprint density at radius 3 is 2.81 bits per heavy atom. The first-order valence-electron chi connectivity index (χ1n) is 9.40. The lowest BCUT2D eigenvalue weighted by Crippen LogP contribution is -2.29. The van der Waals surface area contributed by atoms with E-state index in [9.17, 15) is 4.79 Å². The van der Waals surface area contributed by atoms with Crippen molar-refractivity contribution in [1.29, 1.82) is 0 Å². The van der Waals surface area contributed by atoms with E-state index >= 15 is 0 Å². The van der Waals surface area contributed by atoms with Gasteiger partial charge >= 0.3 is 5.63 Å². The minimum Gasteiger partial charge on any atom is -0.423 e. The van der Waals surface area contributed by atoms with Crippen LogP contribution >= 0.6 is 0 Å². The number of likely N-dealkylation sites (tertiary alicyclic amines) is 1. The molecule has 0 saturated carbocycles. The van der Waals surface area contributed by atoms with Crippen LogP contribution in [-0.4, -0.2) is 56.7 Å². The Labute approximate surface area is 155 Å². The first-order valence-corrected chi connectivity index (χ1v) is 9.40. The van der Waals surface area contributed by atoms with E-state index in [0.29, 0.717) is 11.5 Å². The summed E-state index contributed by atoms with van der Waals surface area (Å²) >= 11 is 0. The minimum atomic E-state index is -0.268. The molecule has 0 aliphatic carbocycles. The lowest BCUT2D eigenvalue weighted by molar-refractivity contribution is 0.157. The number of benzene rings is 1. The van der Waals surface area contributed by atoms with Gasteiger partial charge in [-0.3, -0.25) is 0 Å². The van der Waals surface area contributed by atoms with Gasteiger partial charge in [0.1, 0.15) is 5.58 Å². The van der Waals surface area contributed by atoms with Crippen LogP contribution in [0.5, 0.6) is 0 Å². The predicted octanol–water partition coefficient (Wildman–Crippen LogP) is 2.81. The molecule has 1 saturated heterocycles. The van der Waals surface area contributed by atoms with Crippen molar-refractivity contribution in [3.63, 3.8) is 0 Å². The molecule has 5 nitrogen and oxygen atoms in total. The number of ether oxygens (including phenoxy) is 1. The molecule has 1 aliphatic rings. The third-order valence-corrected chi connectivity index (χ3v) is 5.44. The number of fused-ring (bicyclic) bond motifs is 1. The van der Waals surface area contributed by atoms with Crippen molar-refractivity contribution in [2.75, 3.05) is 46.9 Å². The maximum Gasteiger partial charge on any atom is 0.336 e.